The van der Waals surface area contributed by atoms with Crippen LogP contribution in [0.4, 0.5) is 0 Å². The molecule has 0 atom stereocenters. The molecule has 2 aromatic heterocycles. The first-order valence-electron chi connectivity index (χ1n) is 3.05. The van der Waals surface area contributed by atoms with Crippen molar-refractivity contribution >= 4 is 5.65 Å². The summed E-state index contributed by atoms with van der Waals surface area (Å²) in [4.78, 5) is 4.19. The average molecular weight is 132 g/mol. The van der Waals surface area contributed by atoms with Crippen LogP contribution in [0, 0.1) is 13.1 Å². The monoisotopic (exact) mass is 132 g/mol. The van der Waals surface area contributed by atoms with Crippen LogP contribution >= 0.6 is 0 Å². The molecule has 0 fully saturated rings. The number of imidazole rings is 1. The largest absolute Gasteiger partial charge is 0.232 e. The Hall–Kier alpha value is -1.38. The van der Waals surface area contributed by atoms with Gasteiger partial charge in [-0.1, -0.05) is 0 Å². The second-order valence-electron chi connectivity index (χ2n) is 2.15. The van der Waals surface area contributed by atoms with Gasteiger partial charge in [0.2, 0.25) is 0 Å². The van der Waals surface area contributed by atoms with Crippen molar-refractivity contribution in [2.75, 3.05) is 0 Å². The van der Waals surface area contributed by atoms with Crippen LogP contribution in [-0.2, 0) is 0 Å². The molecule has 0 saturated heterocycles. The summed E-state index contributed by atoms with van der Waals surface area (Å²) < 4.78 is 1.70. The highest BCUT2D eigenvalue weighted by Crippen LogP contribution is 1.98. The molecule has 2 aromatic rings. The molecule has 0 aliphatic carbocycles. The van der Waals surface area contributed by atoms with Gasteiger partial charge in [-0.3, -0.25) is 0 Å². The minimum absolute atomic E-state index is 0.872. The van der Waals surface area contributed by atoms with Gasteiger partial charge in [-0.05, 0) is 19.1 Å². The summed E-state index contributed by atoms with van der Waals surface area (Å²) in [5.74, 6) is 0. The Labute approximate surface area is 58.3 Å². The maximum absolute atomic E-state index is 4.19. The van der Waals surface area contributed by atoms with Crippen molar-refractivity contribution in [2.24, 2.45) is 0 Å². The van der Waals surface area contributed by atoms with Crippen LogP contribution < -0.4 is 0 Å². The van der Waals surface area contributed by atoms with Crippen molar-refractivity contribution in [3.8, 4) is 0 Å². The fourth-order valence-corrected chi connectivity index (χ4v) is 0.905. The second-order valence-corrected chi connectivity index (χ2v) is 2.15. The first-order valence-corrected chi connectivity index (χ1v) is 3.05. The highest BCUT2D eigenvalue weighted by atomic mass is 15.2. The molecular formula is C7H6N3. The molecule has 0 bridgehead atoms. The van der Waals surface area contributed by atoms with Crippen LogP contribution in [0.5, 0.6) is 0 Å². The molecule has 0 saturated carbocycles. The van der Waals surface area contributed by atoms with E-state index in [-0.39, 0.29) is 0 Å². The summed E-state index contributed by atoms with van der Waals surface area (Å²) in [6.45, 7) is 1.94. The predicted molar refractivity (Wildman–Crippen MR) is 36.6 cm³/mol. The predicted octanol–water partition coefficient (Wildman–Crippen LogP) is 0.838. The van der Waals surface area contributed by atoms with E-state index in [9.17, 15) is 0 Å². The Bertz CT molecular complexity index is 317. The van der Waals surface area contributed by atoms with E-state index in [0.29, 0.717) is 0 Å². The number of hydrogen-bond donors (Lipinski definition) is 0. The van der Waals surface area contributed by atoms with Gasteiger partial charge in [-0.2, -0.15) is 5.10 Å². The Balaban J connectivity index is 2.88. The van der Waals surface area contributed by atoms with Gasteiger partial charge in [0.25, 0.3) is 0 Å². The summed E-state index contributed by atoms with van der Waals surface area (Å²) in [7, 11) is 0. The quantitative estimate of drug-likeness (QED) is 0.531. The third kappa shape index (κ3) is 0.673. The van der Waals surface area contributed by atoms with Crippen LogP contribution in [-0.4, -0.2) is 14.6 Å². The summed E-state index contributed by atoms with van der Waals surface area (Å²) in [6, 6.07) is 3.63. The van der Waals surface area contributed by atoms with Crippen LogP contribution in [0.3, 0.4) is 0 Å². The summed E-state index contributed by atoms with van der Waals surface area (Å²) >= 11 is 0. The van der Waals surface area contributed by atoms with E-state index in [2.05, 4.69) is 16.3 Å². The van der Waals surface area contributed by atoms with Crippen LogP contribution in [0.15, 0.2) is 18.3 Å². The number of hydrogen-bond acceptors (Lipinski definition) is 2. The smallest absolute Gasteiger partial charge is 0.153 e. The van der Waals surface area contributed by atoms with E-state index in [1.807, 2.05) is 19.2 Å². The fourth-order valence-electron chi connectivity index (χ4n) is 0.905. The van der Waals surface area contributed by atoms with Gasteiger partial charge < -0.3 is 0 Å². The zero-order valence-corrected chi connectivity index (χ0v) is 5.57. The van der Waals surface area contributed by atoms with E-state index in [1.54, 1.807) is 10.6 Å². The minimum Gasteiger partial charge on any atom is -0.232 e. The van der Waals surface area contributed by atoms with Crippen molar-refractivity contribution in [3.63, 3.8) is 0 Å². The van der Waals surface area contributed by atoms with Gasteiger partial charge >= 0.3 is 0 Å². The maximum Gasteiger partial charge on any atom is 0.153 e. The topological polar surface area (TPSA) is 30.2 Å². The van der Waals surface area contributed by atoms with E-state index in [1.165, 1.54) is 0 Å². The molecule has 0 aliphatic heterocycles. The lowest BCUT2D eigenvalue weighted by atomic mass is 10.6. The molecule has 0 aliphatic rings. The van der Waals surface area contributed by atoms with Gasteiger partial charge in [-0.15, -0.1) is 0 Å². The van der Waals surface area contributed by atoms with E-state index >= 15 is 0 Å². The molecular weight excluding hydrogens is 126 g/mol. The standard InChI is InChI=1S/C7H6N3/c1-6-5-10-7(9-6)3-2-4-8-10/h2-3,5H,1H3. The first-order chi connectivity index (χ1) is 4.86. The zero-order chi connectivity index (χ0) is 6.97. The molecule has 3 heteroatoms. The molecule has 0 N–H and O–H groups in total. The van der Waals surface area contributed by atoms with Crippen molar-refractivity contribution in [1.82, 2.24) is 14.6 Å². The van der Waals surface area contributed by atoms with Crippen molar-refractivity contribution < 1.29 is 0 Å². The molecule has 2 heterocycles. The van der Waals surface area contributed by atoms with E-state index < -0.39 is 0 Å². The van der Waals surface area contributed by atoms with Gasteiger partial charge in [0.05, 0.1) is 11.9 Å². The number of fused-ring (bicyclic) bond motifs is 1. The van der Waals surface area contributed by atoms with Crippen LogP contribution in [0.1, 0.15) is 5.69 Å². The Morgan fingerprint density at radius 2 is 2.50 bits per heavy atom. The Kier molecular flexibility index (Phi) is 0.974. The molecule has 0 amide bonds. The maximum atomic E-state index is 4.19. The highest BCUT2D eigenvalue weighted by Gasteiger charge is 1.93. The van der Waals surface area contributed by atoms with Gasteiger partial charge in [0.15, 0.2) is 5.65 Å². The third-order valence-corrected chi connectivity index (χ3v) is 1.31. The molecule has 0 unspecified atom stereocenters. The van der Waals surface area contributed by atoms with E-state index in [4.69, 9.17) is 0 Å². The van der Waals surface area contributed by atoms with E-state index in [0.717, 1.165) is 11.3 Å². The molecule has 0 spiro atoms. The number of aromatic nitrogens is 3. The lowest BCUT2D eigenvalue weighted by Gasteiger charge is -1.84. The normalized spacial score (nSPS) is 10.5. The molecule has 49 valence electrons. The number of nitrogens with zero attached hydrogens (tertiary/aromatic N) is 3. The van der Waals surface area contributed by atoms with Gasteiger partial charge in [-0.25, -0.2) is 9.50 Å². The van der Waals surface area contributed by atoms with Crippen LogP contribution in [0.2, 0.25) is 0 Å². The van der Waals surface area contributed by atoms with Crippen molar-refractivity contribution in [2.45, 2.75) is 6.92 Å². The second kappa shape index (κ2) is 1.80. The van der Waals surface area contributed by atoms with Gasteiger partial charge in [0, 0.05) is 0 Å². The van der Waals surface area contributed by atoms with Crippen molar-refractivity contribution in [3.05, 3.63) is 30.2 Å². The summed E-state index contributed by atoms with van der Waals surface area (Å²) in [5.41, 5.74) is 1.85. The minimum atomic E-state index is 0.872. The average Bonchev–Trinajstić information content (AvgIpc) is 2.27. The number of rotatable bonds is 0. The summed E-state index contributed by atoms with van der Waals surface area (Å²) in [6.07, 6.45) is 4.59. The molecule has 0 aromatic carbocycles. The number of aryl methyl sites for hydroxylation is 1. The SMILES string of the molecule is Cc1cn2n[c]ccc2n1. The Morgan fingerprint density at radius 3 is 3.30 bits per heavy atom. The molecule has 10 heavy (non-hydrogen) atoms. The van der Waals surface area contributed by atoms with Crippen molar-refractivity contribution in [1.29, 1.82) is 0 Å². The summed E-state index contributed by atoms with van der Waals surface area (Å²) in [5, 5.41) is 3.93. The van der Waals surface area contributed by atoms with Gasteiger partial charge in [0.1, 0.15) is 6.20 Å². The van der Waals surface area contributed by atoms with Crippen LogP contribution in [0.25, 0.3) is 5.65 Å². The lowest BCUT2D eigenvalue weighted by Crippen LogP contribution is -1.86. The first kappa shape index (κ1) is 5.41. The zero-order valence-electron chi connectivity index (χ0n) is 5.57. The molecule has 2 rings (SSSR count). The highest BCUT2D eigenvalue weighted by molar-refractivity contribution is 5.36. The fraction of sp³-hybridized carbons (Fsp3) is 0.143. The third-order valence-electron chi connectivity index (χ3n) is 1.31. The molecule has 1 radical (unpaired) electrons. The Morgan fingerprint density at radius 1 is 1.60 bits per heavy atom. The molecule has 3 nitrogen and oxygen atoms in total. The lowest BCUT2D eigenvalue weighted by molar-refractivity contribution is 0.928.